The van der Waals surface area contributed by atoms with Crippen LogP contribution in [0.15, 0.2) is 36.5 Å². The monoisotopic (exact) mass is 236 g/mol. The molecule has 0 aliphatic heterocycles. The highest BCUT2D eigenvalue weighted by Crippen LogP contribution is 2.24. The smallest absolute Gasteiger partial charge is 0.161 e. The molecule has 0 spiro atoms. The van der Waals surface area contributed by atoms with Gasteiger partial charge >= 0.3 is 0 Å². The van der Waals surface area contributed by atoms with Crippen LogP contribution in [-0.2, 0) is 0 Å². The first-order valence-electron chi connectivity index (χ1n) is 5.83. The van der Waals surface area contributed by atoms with E-state index in [9.17, 15) is 4.79 Å². The van der Waals surface area contributed by atoms with E-state index in [2.05, 4.69) is 9.97 Å². The van der Waals surface area contributed by atoms with Gasteiger partial charge in [-0.2, -0.15) is 0 Å². The van der Waals surface area contributed by atoms with Crippen LogP contribution in [0.25, 0.3) is 21.8 Å². The predicted octanol–water partition coefficient (Wildman–Crippen LogP) is 3.29. The number of rotatable bonds is 1. The molecule has 88 valence electrons. The van der Waals surface area contributed by atoms with Crippen molar-refractivity contribution in [2.45, 2.75) is 13.8 Å². The van der Waals surface area contributed by atoms with E-state index in [1.54, 1.807) is 13.1 Å². The number of aryl methyl sites for hydroxylation is 1. The lowest BCUT2D eigenvalue weighted by Gasteiger charge is -2.06. The zero-order chi connectivity index (χ0) is 12.7. The van der Waals surface area contributed by atoms with Crippen LogP contribution in [-0.4, -0.2) is 15.8 Å². The number of hydrogen-bond donors (Lipinski definition) is 0. The Morgan fingerprint density at radius 1 is 1.11 bits per heavy atom. The number of Topliss-reactive ketones (excluding diaryl/α,β-unsaturated/α-hetero) is 1. The van der Waals surface area contributed by atoms with E-state index >= 15 is 0 Å². The van der Waals surface area contributed by atoms with Gasteiger partial charge in [0.2, 0.25) is 0 Å². The van der Waals surface area contributed by atoms with Gasteiger partial charge in [0, 0.05) is 28.2 Å². The van der Waals surface area contributed by atoms with Gasteiger partial charge in [0.1, 0.15) is 0 Å². The summed E-state index contributed by atoms with van der Waals surface area (Å²) in [6.07, 6.45) is 1.76. The fraction of sp³-hybridized carbons (Fsp3) is 0.133. The molecule has 3 nitrogen and oxygen atoms in total. The van der Waals surface area contributed by atoms with Crippen LogP contribution in [0.4, 0.5) is 0 Å². The average molecular weight is 236 g/mol. The summed E-state index contributed by atoms with van der Waals surface area (Å²) in [6, 6.07) is 9.81. The number of hydrogen-bond acceptors (Lipinski definition) is 3. The molecule has 0 unspecified atom stereocenters. The first kappa shape index (κ1) is 10.8. The van der Waals surface area contributed by atoms with Crippen molar-refractivity contribution < 1.29 is 4.79 Å². The molecule has 18 heavy (non-hydrogen) atoms. The topological polar surface area (TPSA) is 42.9 Å². The third kappa shape index (κ3) is 1.56. The molecule has 0 amide bonds. The number of ketones is 1. The summed E-state index contributed by atoms with van der Waals surface area (Å²) in [5.41, 5.74) is 3.18. The lowest BCUT2D eigenvalue weighted by atomic mass is 10.0. The number of fused-ring (bicyclic) bond motifs is 3. The fourth-order valence-electron chi connectivity index (χ4n) is 2.22. The van der Waals surface area contributed by atoms with Crippen LogP contribution < -0.4 is 0 Å². The lowest BCUT2D eigenvalue weighted by molar-refractivity contribution is 0.101. The number of carbonyl (C=O) groups excluding carboxylic acids is 1. The summed E-state index contributed by atoms with van der Waals surface area (Å²) < 4.78 is 0. The average Bonchev–Trinajstić information content (AvgIpc) is 2.37. The van der Waals surface area contributed by atoms with Crippen molar-refractivity contribution in [2.75, 3.05) is 0 Å². The molecule has 0 saturated heterocycles. The second-order valence-electron chi connectivity index (χ2n) is 4.39. The van der Waals surface area contributed by atoms with E-state index in [1.165, 1.54) is 0 Å². The van der Waals surface area contributed by atoms with Gasteiger partial charge in [-0.25, -0.2) is 0 Å². The van der Waals surface area contributed by atoms with E-state index in [0.717, 1.165) is 27.5 Å². The van der Waals surface area contributed by atoms with Gasteiger partial charge in [0.25, 0.3) is 0 Å². The van der Waals surface area contributed by atoms with Gasteiger partial charge in [-0.3, -0.25) is 14.8 Å². The second kappa shape index (κ2) is 3.88. The molecule has 3 rings (SSSR count). The molecule has 0 N–H and O–H groups in total. The van der Waals surface area contributed by atoms with E-state index < -0.39 is 0 Å². The molecule has 3 heteroatoms. The van der Waals surface area contributed by atoms with Crippen LogP contribution in [0.3, 0.4) is 0 Å². The Hall–Kier alpha value is -2.29. The van der Waals surface area contributed by atoms with Gasteiger partial charge in [0.05, 0.1) is 11.0 Å². The van der Waals surface area contributed by atoms with Crippen molar-refractivity contribution in [1.29, 1.82) is 0 Å². The maximum Gasteiger partial charge on any atom is 0.161 e. The minimum Gasteiger partial charge on any atom is -0.294 e. The van der Waals surface area contributed by atoms with Crippen molar-refractivity contribution in [3.05, 3.63) is 47.8 Å². The number of aromatic nitrogens is 2. The summed E-state index contributed by atoms with van der Waals surface area (Å²) in [4.78, 5) is 20.4. The molecular weight excluding hydrogens is 224 g/mol. The molecule has 1 aromatic carbocycles. The Balaban J connectivity index is 2.46. The Bertz CT molecular complexity index is 778. The highest BCUT2D eigenvalue weighted by Gasteiger charge is 2.09. The van der Waals surface area contributed by atoms with Gasteiger partial charge in [-0.1, -0.05) is 18.2 Å². The summed E-state index contributed by atoms with van der Waals surface area (Å²) in [5.74, 6) is 0.0445. The molecule has 0 bridgehead atoms. The Morgan fingerprint density at radius 2 is 1.89 bits per heavy atom. The first-order chi connectivity index (χ1) is 8.66. The quantitative estimate of drug-likeness (QED) is 0.481. The Kier molecular flexibility index (Phi) is 2.33. The molecule has 0 radical (unpaired) electrons. The minimum atomic E-state index is 0.0445. The van der Waals surface area contributed by atoms with Crippen LogP contribution in [0.2, 0.25) is 0 Å². The van der Waals surface area contributed by atoms with Crippen LogP contribution in [0.5, 0.6) is 0 Å². The SMILES string of the molecule is CC(=O)c1cc2ccc3cccnc3c2nc1C. The van der Waals surface area contributed by atoms with Crippen molar-refractivity contribution >= 4 is 27.6 Å². The van der Waals surface area contributed by atoms with Crippen molar-refractivity contribution in [1.82, 2.24) is 9.97 Å². The minimum absolute atomic E-state index is 0.0445. The maximum absolute atomic E-state index is 11.5. The van der Waals surface area contributed by atoms with Crippen LogP contribution in [0.1, 0.15) is 23.0 Å². The molecule has 0 fully saturated rings. The van der Waals surface area contributed by atoms with Crippen molar-refractivity contribution in [3.63, 3.8) is 0 Å². The normalized spacial score (nSPS) is 11.0. The summed E-state index contributed by atoms with van der Waals surface area (Å²) in [6.45, 7) is 3.42. The third-order valence-corrected chi connectivity index (χ3v) is 3.13. The highest BCUT2D eigenvalue weighted by molar-refractivity contribution is 6.05. The molecule has 0 aliphatic carbocycles. The van der Waals surface area contributed by atoms with E-state index in [4.69, 9.17) is 0 Å². The summed E-state index contributed by atoms with van der Waals surface area (Å²) in [7, 11) is 0. The van der Waals surface area contributed by atoms with Gasteiger partial charge in [0.15, 0.2) is 5.78 Å². The zero-order valence-corrected chi connectivity index (χ0v) is 10.3. The highest BCUT2D eigenvalue weighted by atomic mass is 16.1. The van der Waals surface area contributed by atoms with E-state index in [1.807, 2.05) is 37.3 Å². The van der Waals surface area contributed by atoms with Crippen LogP contribution in [0, 0.1) is 6.92 Å². The third-order valence-electron chi connectivity index (χ3n) is 3.13. The Morgan fingerprint density at radius 3 is 2.67 bits per heavy atom. The van der Waals surface area contributed by atoms with E-state index in [-0.39, 0.29) is 5.78 Å². The van der Waals surface area contributed by atoms with Crippen molar-refractivity contribution in [3.8, 4) is 0 Å². The molecule has 2 aromatic heterocycles. The summed E-state index contributed by atoms with van der Waals surface area (Å²) >= 11 is 0. The maximum atomic E-state index is 11.5. The number of benzene rings is 1. The number of carbonyl (C=O) groups is 1. The van der Waals surface area contributed by atoms with Gasteiger partial charge < -0.3 is 0 Å². The van der Waals surface area contributed by atoms with Gasteiger partial charge in [-0.15, -0.1) is 0 Å². The zero-order valence-electron chi connectivity index (χ0n) is 10.3. The molecule has 3 aromatic rings. The predicted molar refractivity (Wildman–Crippen MR) is 71.8 cm³/mol. The standard InChI is InChI=1S/C15H12N2O/c1-9-13(10(2)18)8-12-6-5-11-4-3-7-16-14(11)15(12)17-9/h3-8H,1-2H3. The van der Waals surface area contributed by atoms with Crippen LogP contribution >= 0.6 is 0 Å². The Labute approximate surface area is 104 Å². The summed E-state index contributed by atoms with van der Waals surface area (Å²) in [5, 5.41) is 2.02. The first-order valence-corrected chi connectivity index (χ1v) is 5.83. The molecule has 2 heterocycles. The second-order valence-corrected chi connectivity index (χ2v) is 4.39. The molecule has 0 atom stereocenters. The molecule has 0 saturated carbocycles. The number of pyridine rings is 2. The lowest BCUT2D eigenvalue weighted by Crippen LogP contribution is -1.99. The van der Waals surface area contributed by atoms with Gasteiger partial charge in [-0.05, 0) is 26.0 Å². The molecule has 0 aliphatic rings. The fourth-order valence-corrected chi connectivity index (χ4v) is 2.22. The van der Waals surface area contributed by atoms with E-state index in [0.29, 0.717) is 5.56 Å². The molecular formula is C15H12N2O. The number of nitrogens with zero attached hydrogens (tertiary/aromatic N) is 2. The van der Waals surface area contributed by atoms with Crippen molar-refractivity contribution in [2.24, 2.45) is 0 Å². The largest absolute Gasteiger partial charge is 0.294 e.